The molecule has 0 bridgehead atoms. The molecule has 0 aliphatic heterocycles. The van der Waals surface area contributed by atoms with Crippen LogP contribution in [0.1, 0.15) is 44.6 Å². The zero-order chi connectivity index (χ0) is 23.1. The zero-order valence-electron chi connectivity index (χ0n) is 18.0. The third-order valence-corrected chi connectivity index (χ3v) is 6.53. The number of amides is 2. The van der Waals surface area contributed by atoms with E-state index in [1.807, 2.05) is 25.1 Å². The second-order valence-electron chi connectivity index (χ2n) is 7.89. The van der Waals surface area contributed by atoms with Gasteiger partial charge in [-0.15, -0.1) is 0 Å². The molecule has 1 fully saturated rings. The molecule has 0 spiro atoms. The number of carbonyl (C=O) groups excluding carboxylic acids is 2. The van der Waals surface area contributed by atoms with E-state index in [-0.39, 0.29) is 31.0 Å². The van der Waals surface area contributed by atoms with Crippen LogP contribution in [0, 0.1) is 0 Å². The van der Waals surface area contributed by atoms with Gasteiger partial charge in [0.15, 0.2) is 6.61 Å². The number of hydrogen-bond donors (Lipinski definition) is 1. The first-order valence-electron chi connectivity index (χ1n) is 10.8. The molecule has 0 saturated heterocycles. The summed E-state index contributed by atoms with van der Waals surface area (Å²) in [4.78, 5) is 27.9. The Bertz CT molecular complexity index is 948. The van der Waals surface area contributed by atoms with Crippen LogP contribution in [0.3, 0.4) is 0 Å². The molecule has 5 nitrogen and oxygen atoms in total. The smallest absolute Gasteiger partial charge is 0.261 e. The Morgan fingerprint density at radius 3 is 2.47 bits per heavy atom. The van der Waals surface area contributed by atoms with Crippen molar-refractivity contribution in [2.24, 2.45) is 0 Å². The van der Waals surface area contributed by atoms with Gasteiger partial charge in [-0.25, -0.2) is 0 Å². The third kappa shape index (κ3) is 6.53. The van der Waals surface area contributed by atoms with Crippen LogP contribution in [-0.4, -0.2) is 35.4 Å². The van der Waals surface area contributed by atoms with Crippen LogP contribution in [0.4, 0.5) is 0 Å². The first-order valence-corrected chi connectivity index (χ1v) is 11.9. The number of nitrogens with zero attached hydrogens (tertiary/aromatic N) is 1. The van der Waals surface area contributed by atoms with Crippen LogP contribution in [0.2, 0.25) is 15.1 Å². The minimum atomic E-state index is -0.635. The fourth-order valence-electron chi connectivity index (χ4n) is 3.91. The summed E-state index contributed by atoms with van der Waals surface area (Å²) >= 11 is 18.4. The van der Waals surface area contributed by atoms with Crippen LogP contribution in [0.5, 0.6) is 5.75 Å². The summed E-state index contributed by atoms with van der Waals surface area (Å²) in [5, 5.41) is 4.44. The third-order valence-electron chi connectivity index (χ3n) is 5.63. The Morgan fingerprint density at radius 1 is 1.09 bits per heavy atom. The van der Waals surface area contributed by atoms with E-state index in [2.05, 4.69) is 5.32 Å². The number of hydrogen-bond acceptors (Lipinski definition) is 3. The lowest BCUT2D eigenvalue weighted by atomic mass is 10.1. The number of nitrogens with one attached hydrogen (secondary N) is 1. The lowest BCUT2D eigenvalue weighted by Crippen LogP contribution is -2.52. The molecule has 0 radical (unpaired) electrons. The van der Waals surface area contributed by atoms with Gasteiger partial charge >= 0.3 is 0 Å². The van der Waals surface area contributed by atoms with Gasteiger partial charge in [0.25, 0.3) is 5.91 Å². The van der Waals surface area contributed by atoms with Gasteiger partial charge < -0.3 is 15.0 Å². The summed E-state index contributed by atoms with van der Waals surface area (Å²) in [6.07, 6.45) is 4.63. The Labute approximate surface area is 204 Å². The van der Waals surface area contributed by atoms with Crippen LogP contribution in [0.15, 0.2) is 42.5 Å². The number of benzene rings is 2. The van der Waals surface area contributed by atoms with Gasteiger partial charge in [-0.05, 0) is 49.1 Å². The highest BCUT2D eigenvalue weighted by Gasteiger charge is 2.31. The number of halogens is 3. The second-order valence-corrected chi connectivity index (χ2v) is 9.14. The van der Waals surface area contributed by atoms with E-state index >= 15 is 0 Å². The van der Waals surface area contributed by atoms with Crippen LogP contribution >= 0.6 is 34.8 Å². The molecule has 2 aromatic rings. The Morgan fingerprint density at radius 2 is 1.81 bits per heavy atom. The molecule has 1 aliphatic carbocycles. The Kier molecular flexibility index (Phi) is 9.09. The summed E-state index contributed by atoms with van der Waals surface area (Å²) in [6.45, 7) is 1.83. The lowest BCUT2D eigenvalue weighted by molar-refractivity contribution is -0.143. The van der Waals surface area contributed by atoms with E-state index in [0.717, 1.165) is 31.2 Å². The van der Waals surface area contributed by atoms with Crippen molar-refractivity contribution < 1.29 is 14.3 Å². The van der Waals surface area contributed by atoms with Crippen LogP contribution in [0.25, 0.3) is 0 Å². The quantitative estimate of drug-likeness (QED) is 0.470. The van der Waals surface area contributed by atoms with Crippen molar-refractivity contribution in [3.63, 3.8) is 0 Å². The minimum absolute atomic E-state index is 0.149. The average molecular weight is 498 g/mol. The fraction of sp³-hybridized carbons (Fsp3) is 0.417. The molecular weight excluding hydrogens is 471 g/mol. The molecule has 1 unspecified atom stereocenters. The molecule has 3 rings (SSSR count). The molecule has 8 heteroatoms. The van der Waals surface area contributed by atoms with Gasteiger partial charge in [-0.1, -0.05) is 72.8 Å². The van der Waals surface area contributed by atoms with Crippen LogP contribution in [-0.2, 0) is 16.1 Å². The normalized spacial score (nSPS) is 14.8. The summed E-state index contributed by atoms with van der Waals surface area (Å²) in [7, 11) is 0. The fourth-order valence-corrected chi connectivity index (χ4v) is 4.57. The summed E-state index contributed by atoms with van der Waals surface area (Å²) in [5.74, 6) is -0.126. The van der Waals surface area contributed by atoms with Gasteiger partial charge in [0.1, 0.15) is 11.8 Å². The molecular formula is C24H27Cl3N2O3. The SMILES string of the molecule is CCC(C(=O)NC1CCCC1)N(Cc1ccccc1Cl)C(=O)COc1ccc(Cl)cc1Cl. The van der Waals surface area contributed by atoms with E-state index in [1.54, 1.807) is 24.3 Å². The topological polar surface area (TPSA) is 58.6 Å². The van der Waals surface area contributed by atoms with Crippen molar-refractivity contribution in [1.29, 1.82) is 0 Å². The number of ether oxygens (including phenoxy) is 1. The summed E-state index contributed by atoms with van der Waals surface area (Å²) in [6, 6.07) is 11.6. The highest BCUT2D eigenvalue weighted by atomic mass is 35.5. The van der Waals surface area contributed by atoms with Gasteiger partial charge in [0.05, 0.1) is 5.02 Å². The molecule has 1 atom stereocenters. The molecule has 172 valence electrons. The van der Waals surface area contributed by atoms with Crippen LogP contribution < -0.4 is 10.1 Å². The number of carbonyl (C=O) groups is 2. The molecule has 0 heterocycles. The minimum Gasteiger partial charge on any atom is -0.482 e. The summed E-state index contributed by atoms with van der Waals surface area (Å²) < 4.78 is 5.66. The van der Waals surface area contributed by atoms with Gasteiger partial charge in [-0.2, -0.15) is 0 Å². The van der Waals surface area contributed by atoms with Gasteiger partial charge in [-0.3, -0.25) is 9.59 Å². The predicted molar refractivity (Wildman–Crippen MR) is 128 cm³/mol. The van der Waals surface area contributed by atoms with E-state index in [1.165, 1.54) is 4.90 Å². The van der Waals surface area contributed by atoms with Crippen molar-refractivity contribution in [3.8, 4) is 5.75 Å². The highest BCUT2D eigenvalue weighted by Crippen LogP contribution is 2.28. The molecule has 1 aliphatic rings. The highest BCUT2D eigenvalue weighted by molar-refractivity contribution is 6.35. The number of rotatable bonds is 9. The van der Waals surface area contributed by atoms with Crippen molar-refractivity contribution in [2.75, 3.05) is 6.61 Å². The maximum absolute atomic E-state index is 13.3. The Hall–Kier alpha value is -1.95. The summed E-state index contributed by atoms with van der Waals surface area (Å²) in [5.41, 5.74) is 0.763. The second kappa shape index (κ2) is 11.8. The lowest BCUT2D eigenvalue weighted by Gasteiger charge is -2.31. The van der Waals surface area contributed by atoms with Crippen molar-refractivity contribution in [1.82, 2.24) is 10.2 Å². The predicted octanol–water partition coefficient (Wildman–Crippen LogP) is 5.89. The molecule has 32 heavy (non-hydrogen) atoms. The van der Waals surface area contributed by atoms with E-state index in [4.69, 9.17) is 39.5 Å². The monoisotopic (exact) mass is 496 g/mol. The first-order chi connectivity index (χ1) is 15.4. The Balaban J connectivity index is 1.78. The molecule has 2 amide bonds. The maximum Gasteiger partial charge on any atom is 0.261 e. The van der Waals surface area contributed by atoms with Crippen molar-refractivity contribution >= 4 is 46.6 Å². The van der Waals surface area contributed by atoms with E-state index in [0.29, 0.717) is 27.2 Å². The maximum atomic E-state index is 13.3. The van der Waals surface area contributed by atoms with Gasteiger partial charge in [0.2, 0.25) is 5.91 Å². The largest absolute Gasteiger partial charge is 0.482 e. The average Bonchev–Trinajstić information content (AvgIpc) is 3.27. The van der Waals surface area contributed by atoms with E-state index in [9.17, 15) is 9.59 Å². The van der Waals surface area contributed by atoms with Crippen molar-refractivity contribution in [2.45, 2.75) is 57.7 Å². The zero-order valence-corrected chi connectivity index (χ0v) is 20.2. The molecule has 1 N–H and O–H groups in total. The van der Waals surface area contributed by atoms with E-state index < -0.39 is 6.04 Å². The standard InChI is InChI=1S/C24H27Cl3N2O3/c1-2-21(24(31)28-18-8-4-5-9-18)29(14-16-7-3-6-10-19(16)26)23(30)15-32-22-12-11-17(25)13-20(22)27/h3,6-7,10-13,18,21H,2,4-5,8-9,14-15H2,1H3,(H,28,31). The van der Waals surface area contributed by atoms with Crippen molar-refractivity contribution in [3.05, 3.63) is 63.1 Å². The van der Waals surface area contributed by atoms with Gasteiger partial charge in [0, 0.05) is 22.6 Å². The molecule has 0 aromatic heterocycles. The molecule has 1 saturated carbocycles. The molecule has 2 aromatic carbocycles. The first kappa shape index (κ1) is 24.7.